The number of hydrogen-bond donors (Lipinski definition) is 2. The number of fused-ring (bicyclic) bond motifs is 6. The molecule has 182 valence electrons. The molecule has 0 radical (unpaired) electrons. The lowest BCUT2D eigenvalue weighted by Gasteiger charge is -2.19. The standard InChI is InChI=1S/C32H34N4/c1-31(2,3)21-9-13-29-25(17-21)23-15-19(7-11-27(23)35(29)33)20-8-12-28-24(16-20)26-18-22(32(4,5)6)10-14-30(26)36(28)34/h7-18H,33-34H2,1-6H3. The largest absolute Gasteiger partial charge is 0.339 e. The Hall–Kier alpha value is -3.92. The summed E-state index contributed by atoms with van der Waals surface area (Å²) in [5.74, 6) is 13.0. The zero-order valence-electron chi connectivity index (χ0n) is 22.0. The van der Waals surface area contributed by atoms with Gasteiger partial charge in [0.25, 0.3) is 0 Å². The molecule has 0 saturated carbocycles. The van der Waals surface area contributed by atoms with Crippen molar-refractivity contribution in [2.45, 2.75) is 52.4 Å². The van der Waals surface area contributed by atoms with Crippen LogP contribution in [0.3, 0.4) is 0 Å². The van der Waals surface area contributed by atoms with Crippen LogP contribution in [0.5, 0.6) is 0 Å². The lowest BCUT2D eigenvalue weighted by molar-refractivity contribution is 0.591. The fourth-order valence-electron chi connectivity index (χ4n) is 5.40. The number of aromatic nitrogens is 2. The van der Waals surface area contributed by atoms with Crippen molar-refractivity contribution >= 4 is 43.6 Å². The zero-order valence-corrected chi connectivity index (χ0v) is 22.0. The maximum atomic E-state index is 6.51. The predicted octanol–water partition coefficient (Wildman–Crippen LogP) is 7.59. The van der Waals surface area contributed by atoms with E-state index >= 15 is 0 Å². The molecule has 4 heteroatoms. The summed E-state index contributed by atoms with van der Waals surface area (Å²) in [7, 11) is 0. The zero-order chi connectivity index (χ0) is 25.6. The van der Waals surface area contributed by atoms with Crippen molar-refractivity contribution in [1.82, 2.24) is 9.35 Å². The molecule has 4 nitrogen and oxygen atoms in total. The summed E-state index contributed by atoms with van der Waals surface area (Å²) >= 11 is 0. The Morgan fingerprint density at radius 1 is 0.444 bits per heavy atom. The number of nitrogens with two attached hydrogens (primary N) is 2. The van der Waals surface area contributed by atoms with E-state index in [1.807, 2.05) is 0 Å². The van der Waals surface area contributed by atoms with Gasteiger partial charge in [0.05, 0.1) is 22.1 Å². The average molecular weight is 475 g/mol. The maximum absolute atomic E-state index is 6.51. The molecule has 4 aromatic carbocycles. The maximum Gasteiger partial charge on any atom is 0.0704 e. The van der Waals surface area contributed by atoms with Crippen molar-refractivity contribution in [2.75, 3.05) is 11.7 Å². The molecule has 0 saturated heterocycles. The van der Waals surface area contributed by atoms with Gasteiger partial charge < -0.3 is 11.7 Å². The van der Waals surface area contributed by atoms with E-state index in [-0.39, 0.29) is 10.8 Å². The lowest BCUT2D eigenvalue weighted by atomic mass is 9.86. The van der Waals surface area contributed by atoms with Crippen LogP contribution in [0.15, 0.2) is 72.8 Å². The highest BCUT2D eigenvalue weighted by molar-refractivity contribution is 6.11. The normalized spacial score (nSPS) is 12.9. The van der Waals surface area contributed by atoms with E-state index in [1.165, 1.54) is 43.8 Å². The third kappa shape index (κ3) is 3.28. The predicted molar refractivity (Wildman–Crippen MR) is 156 cm³/mol. The van der Waals surface area contributed by atoms with Crippen LogP contribution in [-0.2, 0) is 10.8 Å². The van der Waals surface area contributed by atoms with Gasteiger partial charge in [0.15, 0.2) is 0 Å². The molecule has 0 spiro atoms. The van der Waals surface area contributed by atoms with E-state index in [1.54, 1.807) is 9.35 Å². The van der Waals surface area contributed by atoms with Gasteiger partial charge in [-0.25, -0.2) is 0 Å². The van der Waals surface area contributed by atoms with Gasteiger partial charge >= 0.3 is 0 Å². The highest BCUT2D eigenvalue weighted by atomic mass is 15.3. The van der Waals surface area contributed by atoms with Crippen LogP contribution in [0.25, 0.3) is 54.7 Å². The Morgan fingerprint density at radius 3 is 1.08 bits per heavy atom. The number of nitrogen functional groups attached to an aromatic ring is 2. The van der Waals surface area contributed by atoms with Crippen molar-refractivity contribution in [1.29, 1.82) is 0 Å². The molecule has 0 aliphatic rings. The van der Waals surface area contributed by atoms with E-state index in [9.17, 15) is 0 Å². The van der Waals surface area contributed by atoms with Gasteiger partial charge in [-0.05, 0) is 81.6 Å². The van der Waals surface area contributed by atoms with Gasteiger partial charge in [-0.3, -0.25) is 9.35 Å². The summed E-state index contributed by atoms with van der Waals surface area (Å²) in [5.41, 5.74) is 9.26. The minimum absolute atomic E-state index is 0.0716. The molecule has 0 fully saturated rings. The molecular weight excluding hydrogens is 440 g/mol. The van der Waals surface area contributed by atoms with Crippen molar-refractivity contribution in [3.63, 3.8) is 0 Å². The fourth-order valence-corrected chi connectivity index (χ4v) is 5.40. The van der Waals surface area contributed by atoms with Crippen LogP contribution < -0.4 is 11.7 Å². The van der Waals surface area contributed by atoms with E-state index in [0.29, 0.717) is 0 Å². The molecule has 36 heavy (non-hydrogen) atoms. The van der Waals surface area contributed by atoms with Crippen LogP contribution in [0.2, 0.25) is 0 Å². The molecule has 0 aliphatic carbocycles. The van der Waals surface area contributed by atoms with Crippen molar-refractivity contribution in [2.24, 2.45) is 0 Å². The first-order valence-electron chi connectivity index (χ1n) is 12.6. The van der Waals surface area contributed by atoms with E-state index in [4.69, 9.17) is 11.7 Å². The Morgan fingerprint density at radius 2 is 0.750 bits per heavy atom. The van der Waals surface area contributed by atoms with Crippen molar-refractivity contribution in [3.8, 4) is 11.1 Å². The second-order valence-electron chi connectivity index (χ2n) is 12.2. The SMILES string of the molecule is CC(C)(C)c1ccc2c(c1)c1cc(-c3ccc4c(c3)c3cc(C(C)(C)C)ccc3n4N)ccc1n2N. The molecule has 0 unspecified atom stereocenters. The summed E-state index contributed by atoms with van der Waals surface area (Å²) in [6.07, 6.45) is 0. The molecule has 6 aromatic rings. The first-order valence-corrected chi connectivity index (χ1v) is 12.6. The molecular formula is C32H34N4. The highest BCUT2D eigenvalue weighted by Crippen LogP contribution is 2.37. The van der Waals surface area contributed by atoms with Gasteiger partial charge in [-0.1, -0.05) is 65.8 Å². The average Bonchev–Trinajstić information content (AvgIpc) is 3.28. The quantitative estimate of drug-likeness (QED) is 0.241. The van der Waals surface area contributed by atoms with Gasteiger partial charge in [-0.2, -0.15) is 0 Å². The second kappa shape index (κ2) is 7.30. The molecule has 0 bridgehead atoms. The van der Waals surface area contributed by atoms with E-state index in [2.05, 4.69) is 114 Å². The lowest BCUT2D eigenvalue weighted by Crippen LogP contribution is -2.11. The molecule has 2 aromatic heterocycles. The minimum Gasteiger partial charge on any atom is -0.339 e. The third-order valence-corrected chi connectivity index (χ3v) is 7.67. The van der Waals surface area contributed by atoms with E-state index in [0.717, 1.165) is 22.1 Å². The highest BCUT2D eigenvalue weighted by Gasteiger charge is 2.19. The van der Waals surface area contributed by atoms with Crippen LogP contribution in [0.1, 0.15) is 52.7 Å². The minimum atomic E-state index is 0.0716. The second-order valence-corrected chi connectivity index (χ2v) is 12.2. The summed E-state index contributed by atoms with van der Waals surface area (Å²) in [6.45, 7) is 13.5. The van der Waals surface area contributed by atoms with Crippen LogP contribution in [-0.4, -0.2) is 9.35 Å². The van der Waals surface area contributed by atoms with E-state index < -0.39 is 0 Å². The monoisotopic (exact) mass is 474 g/mol. The van der Waals surface area contributed by atoms with Gasteiger partial charge in [0, 0.05) is 21.5 Å². The first kappa shape index (κ1) is 22.5. The Balaban J connectivity index is 1.58. The van der Waals surface area contributed by atoms with Crippen LogP contribution in [0, 0.1) is 0 Å². The molecule has 4 N–H and O–H groups in total. The van der Waals surface area contributed by atoms with Gasteiger partial charge in [0.1, 0.15) is 0 Å². The number of benzene rings is 4. The first-order chi connectivity index (χ1) is 16.9. The molecule has 6 rings (SSSR count). The van der Waals surface area contributed by atoms with Gasteiger partial charge in [0.2, 0.25) is 0 Å². The van der Waals surface area contributed by atoms with Crippen molar-refractivity contribution < 1.29 is 0 Å². The Bertz CT molecular complexity index is 1680. The smallest absolute Gasteiger partial charge is 0.0704 e. The summed E-state index contributed by atoms with van der Waals surface area (Å²) < 4.78 is 3.61. The summed E-state index contributed by atoms with van der Waals surface area (Å²) in [6, 6.07) is 26.4. The van der Waals surface area contributed by atoms with Crippen LogP contribution >= 0.6 is 0 Å². The Kier molecular flexibility index (Phi) is 4.57. The number of hydrogen-bond acceptors (Lipinski definition) is 2. The topological polar surface area (TPSA) is 61.9 Å². The van der Waals surface area contributed by atoms with Crippen molar-refractivity contribution in [3.05, 3.63) is 83.9 Å². The Labute approximate surface area is 212 Å². The fraction of sp³-hybridized carbons (Fsp3) is 0.250. The van der Waals surface area contributed by atoms with Gasteiger partial charge in [-0.15, -0.1) is 0 Å². The molecule has 0 amide bonds. The number of rotatable bonds is 1. The molecule has 0 atom stereocenters. The van der Waals surface area contributed by atoms with Crippen LogP contribution in [0.4, 0.5) is 0 Å². The summed E-state index contributed by atoms with van der Waals surface area (Å²) in [4.78, 5) is 0. The molecule has 2 heterocycles. The molecule has 0 aliphatic heterocycles. The number of nitrogens with zero attached hydrogens (tertiary/aromatic N) is 2. The summed E-state index contributed by atoms with van der Waals surface area (Å²) in [5, 5.41) is 4.73. The third-order valence-electron chi connectivity index (χ3n) is 7.67.